The molecule has 28 heavy (non-hydrogen) atoms. The Labute approximate surface area is 165 Å². The summed E-state index contributed by atoms with van der Waals surface area (Å²) in [5, 5.41) is 3.11. The topological polar surface area (TPSA) is 66.5 Å². The van der Waals surface area contributed by atoms with E-state index in [2.05, 4.69) is 12.2 Å². The van der Waals surface area contributed by atoms with E-state index in [-0.39, 0.29) is 36.7 Å². The fourth-order valence-corrected chi connectivity index (χ4v) is 3.52. The molecule has 0 saturated carbocycles. The molecule has 1 aliphatic rings. The normalized spacial score (nSPS) is 14.1. The highest BCUT2D eigenvalue weighted by atomic mass is 16.2. The molecule has 1 aliphatic heterocycles. The number of unbranched alkanes of at least 4 members (excludes halogenated alkanes) is 1. The van der Waals surface area contributed by atoms with Gasteiger partial charge < -0.3 is 5.32 Å². The summed E-state index contributed by atoms with van der Waals surface area (Å²) in [6.07, 6.45) is 3.73. The number of rotatable bonds is 9. The smallest absolute Gasteiger partial charge is 0.261 e. The maximum Gasteiger partial charge on any atom is 0.261 e. The van der Waals surface area contributed by atoms with Gasteiger partial charge in [0.05, 0.1) is 17.2 Å². The Bertz CT molecular complexity index is 813. The lowest BCUT2D eigenvalue weighted by atomic mass is 10.0. The molecular formula is C23H26N2O3. The summed E-state index contributed by atoms with van der Waals surface area (Å²) in [7, 11) is 0. The van der Waals surface area contributed by atoms with Crippen molar-refractivity contribution in [2.45, 2.75) is 45.1 Å². The average Bonchev–Trinajstić information content (AvgIpc) is 2.97. The van der Waals surface area contributed by atoms with Crippen LogP contribution in [0.4, 0.5) is 0 Å². The summed E-state index contributed by atoms with van der Waals surface area (Å²) in [6, 6.07) is 16.8. The molecule has 5 nitrogen and oxygen atoms in total. The Morgan fingerprint density at radius 3 is 2.14 bits per heavy atom. The Hall–Kier alpha value is -2.95. The molecule has 0 saturated heterocycles. The molecule has 0 aliphatic carbocycles. The first-order chi connectivity index (χ1) is 13.6. The van der Waals surface area contributed by atoms with E-state index in [0.717, 1.165) is 24.8 Å². The lowest BCUT2D eigenvalue weighted by molar-refractivity contribution is -0.122. The summed E-state index contributed by atoms with van der Waals surface area (Å²) >= 11 is 0. The number of nitrogens with zero attached hydrogens (tertiary/aromatic N) is 1. The van der Waals surface area contributed by atoms with Crippen molar-refractivity contribution in [1.82, 2.24) is 10.2 Å². The van der Waals surface area contributed by atoms with Gasteiger partial charge in [-0.05, 0) is 30.5 Å². The van der Waals surface area contributed by atoms with E-state index < -0.39 is 0 Å². The highest BCUT2D eigenvalue weighted by Crippen LogP contribution is 2.23. The van der Waals surface area contributed by atoms with Crippen LogP contribution in [0.15, 0.2) is 54.6 Å². The van der Waals surface area contributed by atoms with Gasteiger partial charge in [-0.1, -0.05) is 62.2 Å². The highest BCUT2D eigenvalue weighted by molar-refractivity contribution is 6.21. The van der Waals surface area contributed by atoms with Crippen LogP contribution in [0.5, 0.6) is 0 Å². The van der Waals surface area contributed by atoms with Gasteiger partial charge in [0.15, 0.2) is 0 Å². The number of carbonyl (C=O) groups excluding carboxylic acids is 3. The lowest BCUT2D eigenvalue weighted by Crippen LogP contribution is -2.33. The van der Waals surface area contributed by atoms with Gasteiger partial charge in [0.1, 0.15) is 0 Å². The van der Waals surface area contributed by atoms with Crippen LogP contribution in [0.2, 0.25) is 0 Å². The third-order valence-corrected chi connectivity index (χ3v) is 5.05. The minimum atomic E-state index is -0.272. The van der Waals surface area contributed by atoms with Crippen molar-refractivity contribution in [2.24, 2.45) is 0 Å². The molecule has 0 radical (unpaired) electrons. The number of hydrogen-bond donors (Lipinski definition) is 1. The van der Waals surface area contributed by atoms with Crippen molar-refractivity contribution < 1.29 is 14.4 Å². The van der Waals surface area contributed by atoms with Gasteiger partial charge >= 0.3 is 0 Å². The van der Waals surface area contributed by atoms with E-state index in [4.69, 9.17) is 0 Å². The average molecular weight is 378 g/mol. The number of carbonyl (C=O) groups is 3. The number of benzene rings is 2. The quantitative estimate of drug-likeness (QED) is 0.668. The monoisotopic (exact) mass is 378 g/mol. The molecule has 1 N–H and O–H groups in total. The van der Waals surface area contributed by atoms with E-state index in [1.54, 1.807) is 24.3 Å². The number of nitrogens with one attached hydrogen (secondary N) is 1. The molecule has 0 bridgehead atoms. The van der Waals surface area contributed by atoms with Crippen molar-refractivity contribution in [3.8, 4) is 0 Å². The van der Waals surface area contributed by atoms with Crippen LogP contribution in [0.25, 0.3) is 0 Å². The molecular weight excluding hydrogens is 352 g/mol. The SMILES string of the molecule is CCCC[C@H](NC(=O)CCCN1C(=O)c2ccccc2C1=O)c1ccccc1. The van der Waals surface area contributed by atoms with Crippen LogP contribution in [0.3, 0.4) is 0 Å². The van der Waals surface area contributed by atoms with Gasteiger partial charge in [-0.3, -0.25) is 19.3 Å². The first kappa shape index (κ1) is 19.8. The number of amides is 3. The third kappa shape index (κ3) is 4.47. The minimum Gasteiger partial charge on any atom is -0.349 e. The van der Waals surface area contributed by atoms with Crippen LogP contribution in [0, 0.1) is 0 Å². The molecule has 146 valence electrons. The van der Waals surface area contributed by atoms with E-state index in [1.165, 1.54) is 4.90 Å². The van der Waals surface area contributed by atoms with Crippen molar-refractivity contribution in [1.29, 1.82) is 0 Å². The maximum atomic E-state index is 12.4. The second-order valence-electron chi connectivity index (χ2n) is 7.08. The predicted octanol–water partition coefficient (Wildman–Crippen LogP) is 4.11. The molecule has 0 spiro atoms. The molecule has 3 amide bonds. The molecule has 1 heterocycles. The van der Waals surface area contributed by atoms with Gasteiger partial charge in [0.2, 0.25) is 5.91 Å². The molecule has 3 rings (SSSR count). The van der Waals surface area contributed by atoms with Crippen LogP contribution >= 0.6 is 0 Å². The summed E-state index contributed by atoms with van der Waals surface area (Å²) < 4.78 is 0. The summed E-state index contributed by atoms with van der Waals surface area (Å²) in [6.45, 7) is 2.39. The second kappa shape index (κ2) is 9.31. The molecule has 0 unspecified atom stereocenters. The minimum absolute atomic E-state index is 0.00652. The van der Waals surface area contributed by atoms with Crippen LogP contribution in [0.1, 0.15) is 71.3 Å². The predicted molar refractivity (Wildman–Crippen MR) is 108 cm³/mol. The van der Waals surface area contributed by atoms with Gasteiger partial charge in [-0.15, -0.1) is 0 Å². The van der Waals surface area contributed by atoms with Crippen molar-refractivity contribution in [2.75, 3.05) is 6.54 Å². The molecule has 1 atom stereocenters. The zero-order chi connectivity index (χ0) is 19.9. The van der Waals surface area contributed by atoms with E-state index in [9.17, 15) is 14.4 Å². The standard InChI is InChI=1S/C23H26N2O3/c1-2-3-14-20(17-10-5-4-6-11-17)24-21(26)15-9-16-25-22(27)18-12-7-8-13-19(18)23(25)28/h4-8,10-13,20H,2-3,9,14-16H2,1H3,(H,24,26)/t20-/m0/s1. The number of fused-ring (bicyclic) bond motifs is 1. The summed E-state index contributed by atoms with van der Waals surface area (Å²) in [5.41, 5.74) is 1.99. The summed E-state index contributed by atoms with van der Waals surface area (Å²) in [5.74, 6) is -0.598. The highest BCUT2D eigenvalue weighted by Gasteiger charge is 2.34. The second-order valence-corrected chi connectivity index (χ2v) is 7.08. The van der Waals surface area contributed by atoms with Gasteiger partial charge in [0, 0.05) is 13.0 Å². The van der Waals surface area contributed by atoms with Crippen molar-refractivity contribution in [3.05, 3.63) is 71.3 Å². The van der Waals surface area contributed by atoms with E-state index in [1.807, 2.05) is 30.3 Å². The van der Waals surface area contributed by atoms with E-state index >= 15 is 0 Å². The molecule has 2 aromatic rings. The maximum absolute atomic E-state index is 12.4. The van der Waals surface area contributed by atoms with Crippen LogP contribution in [-0.4, -0.2) is 29.2 Å². The fourth-order valence-electron chi connectivity index (χ4n) is 3.52. The Morgan fingerprint density at radius 2 is 1.54 bits per heavy atom. The first-order valence-corrected chi connectivity index (χ1v) is 9.91. The molecule has 2 aromatic carbocycles. The van der Waals surface area contributed by atoms with Gasteiger partial charge in [-0.25, -0.2) is 0 Å². The van der Waals surface area contributed by atoms with Crippen LogP contribution < -0.4 is 5.32 Å². The molecule has 5 heteroatoms. The zero-order valence-corrected chi connectivity index (χ0v) is 16.2. The van der Waals surface area contributed by atoms with Crippen molar-refractivity contribution >= 4 is 17.7 Å². The fraction of sp³-hybridized carbons (Fsp3) is 0.348. The zero-order valence-electron chi connectivity index (χ0n) is 16.2. The van der Waals surface area contributed by atoms with Crippen LogP contribution in [-0.2, 0) is 4.79 Å². The van der Waals surface area contributed by atoms with Gasteiger partial charge in [0.25, 0.3) is 11.8 Å². The van der Waals surface area contributed by atoms with E-state index in [0.29, 0.717) is 17.5 Å². The summed E-state index contributed by atoms with van der Waals surface area (Å²) in [4.78, 5) is 38.4. The number of hydrogen-bond acceptors (Lipinski definition) is 3. The molecule has 0 aromatic heterocycles. The largest absolute Gasteiger partial charge is 0.349 e. The Balaban J connectivity index is 1.52. The third-order valence-electron chi connectivity index (χ3n) is 5.05. The van der Waals surface area contributed by atoms with Gasteiger partial charge in [-0.2, -0.15) is 0 Å². The van der Waals surface area contributed by atoms with Crippen molar-refractivity contribution in [3.63, 3.8) is 0 Å². The molecule has 0 fully saturated rings. The Kier molecular flexibility index (Phi) is 6.58. The first-order valence-electron chi connectivity index (χ1n) is 9.91. The number of imide groups is 1. The Morgan fingerprint density at radius 1 is 0.929 bits per heavy atom. The lowest BCUT2D eigenvalue weighted by Gasteiger charge is -2.19.